The van der Waals surface area contributed by atoms with Gasteiger partial charge in [-0.25, -0.2) is 8.42 Å². The standard InChI is InChI=1S/C30H34Cl3N3O5S/c1-5-15-34-30(38)26(6-2)35(18-21-9-10-22(31)16-25(21)33)29(37)19-36(27-17-23(32)11-14-28(27)41-4)42(39,40)24-12-7-20(3)8-13-24/h7-14,16-17,26H,5-6,15,18-19H2,1-4H3,(H,34,38)/t26-/m0/s1. The van der Waals surface area contributed by atoms with E-state index in [2.05, 4.69) is 5.32 Å². The molecule has 3 aromatic rings. The zero-order valence-electron chi connectivity index (χ0n) is 23.9. The van der Waals surface area contributed by atoms with Crippen LogP contribution < -0.4 is 14.4 Å². The summed E-state index contributed by atoms with van der Waals surface area (Å²) in [5, 5.41) is 3.82. The molecule has 42 heavy (non-hydrogen) atoms. The minimum Gasteiger partial charge on any atom is -0.495 e. The van der Waals surface area contributed by atoms with Crippen molar-refractivity contribution >= 4 is 62.3 Å². The molecule has 12 heteroatoms. The molecule has 0 aliphatic heterocycles. The quantitative estimate of drug-likeness (QED) is 0.227. The number of carbonyl (C=O) groups is 2. The Morgan fingerprint density at radius 1 is 0.952 bits per heavy atom. The number of hydrogen-bond donors (Lipinski definition) is 1. The van der Waals surface area contributed by atoms with Gasteiger partial charge in [-0.1, -0.05) is 72.4 Å². The van der Waals surface area contributed by atoms with Gasteiger partial charge < -0.3 is 15.0 Å². The molecule has 3 rings (SSSR count). The minimum atomic E-state index is -4.30. The summed E-state index contributed by atoms with van der Waals surface area (Å²) < 4.78 is 34.6. The number of nitrogens with one attached hydrogen (secondary N) is 1. The normalized spacial score (nSPS) is 12.0. The second-order valence-corrected chi connectivity index (χ2v) is 12.8. The third kappa shape index (κ3) is 8.10. The predicted octanol–water partition coefficient (Wildman–Crippen LogP) is 6.49. The second kappa shape index (κ2) is 15.0. The van der Waals surface area contributed by atoms with Gasteiger partial charge >= 0.3 is 0 Å². The van der Waals surface area contributed by atoms with Crippen molar-refractivity contribution in [2.24, 2.45) is 0 Å². The van der Waals surface area contributed by atoms with E-state index in [0.29, 0.717) is 28.6 Å². The molecule has 0 saturated carbocycles. The van der Waals surface area contributed by atoms with Gasteiger partial charge in [-0.05, 0) is 67.8 Å². The number of methoxy groups -OCH3 is 1. The summed E-state index contributed by atoms with van der Waals surface area (Å²) in [5.74, 6) is -0.786. The van der Waals surface area contributed by atoms with Gasteiger partial charge in [0, 0.05) is 28.2 Å². The Labute approximate surface area is 262 Å². The van der Waals surface area contributed by atoms with Crippen LogP contribution in [-0.4, -0.2) is 51.4 Å². The molecular weight excluding hydrogens is 621 g/mol. The fraction of sp³-hybridized carbons (Fsp3) is 0.333. The first-order chi connectivity index (χ1) is 19.9. The van der Waals surface area contributed by atoms with E-state index in [-0.39, 0.29) is 40.2 Å². The van der Waals surface area contributed by atoms with Crippen LogP contribution in [0, 0.1) is 6.92 Å². The molecule has 226 valence electrons. The topological polar surface area (TPSA) is 96.0 Å². The Morgan fingerprint density at radius 2 is 1.60 bits per heavy atom. The van der Waals surface area contributed by atoms with Crippen molar-refractivity contribution < 1.29 is 22.7 Å². The van der Waals surface area contributed by atoms with Gasteiger partial charge in [-0.15, -0.1) is 0 Å². The maximum absolute atomic E-state index is 14.2. The first-order valence-corrected chi connectivity index (χ1v) is 15.9. The maximum atomic E-state index is 14.2. The zero-order valence-corrected chi connectivity index (χ0v) is 26.9. The average Bonchev–Trinajstić information content (AvgIpc) is 2.95. The highest BCUT2D eigenvalue weighted by atomic mass is 35.5. The van der Waals surface area contributed by atoms with E-state index >= 15 is 0 Å². The van der Waals surface area contributed by atoms with E-state index < -0.39 is 28.5 Å². The summed E-state index contributed by atoms with van der Waals surface area (Å²) in [6.07, 6.45) is 0.980. The summed E-state index contributed by atoms with van der Waals surface area (Å²) in [5.41, 5.74) is 1.49. The lowest BCUT2D eigenvalue weighted by Gasteiger charge is -2.33. The third-order valence-electron chi connectivity index (χ3n) is 6.59. The molecule has 0 spiro atoms. The molecular formula is C30H34Cl3N3O5S. The number of rotatable bonds is 13. The molecule has 2 amide bonds. The lowest BCUT2D eigenvalue weighted by atomic mass is 10.1. The van der Waals surface area contributed by atoms with Gasteiger partial charge in [0.15, 0.2) is 0 Å². The fourth-order valence-electron chi connectivity index (χ4n) is 4.33. The third-order valence-corrected chi connectivity index (χ3v) is 9.18. The Hall–Kier alpha value is -2.98. The van der Waals surface area contributed by atoms with E-state index in [9.17, 15) is 18.0 Å². The van der Waals surface area contributed by atoms with Crippen molar-refractivity contribution in [2.45, 2.75) is 51.1 Å². The first-order valence-electron chi connectivity index (χ1n) is 13.4. The van der Waals surface area contributed by atoms with E-state index in [1.165, 1.54) is 36.3 Å². The molecule has 0 bridgehead atoms. The summed E-state index contributed by atoms with van der Waals surface area (Å²) in [6, 6.07) is 14.7. The van der Waals surface area contributed by atoms with Crippen LogP contribution in [0.15, 0.2) is 65.6 Å². The molecule has 1 atom stereocenters. The summed E-state index contributed by atoms with van der Waals surface area (Å²) >= 11 is 18.8. The van der Waals surface area contributed by atoms with Crippen molar-refractivity contribution in [3.63, 3.8) is 0 Å². The Morgan fingerprint density at radius 3 is 2.19 bits per heavy atom. The molecule has 0 unspecified atom stereocenters. The summed E-state index contributed by atoms with van der Waals surface area (Å²) in [7, 11) is -2.91. The van der Waals surface area contributed by atoms with Gasteiger partial charge in [0.05, 0.1) is 17.7 Å². The molecule has 1 N–H and O–H groups in total. The number of nitrogens with zero attached hydrogens (tertiary/aromatic N) is 2. The number of aryl methyl sites for hydroxylation is 1. The first kappa shape index (κ1) is 33.5. The lowest BCUT2D eigenvalue weighted by molar-refractivity contribution is -0.140. The molecule has 0 fully saturated rings. The Kier molecular flexibility index (Phi) is 11.9. The van der Waals surface area contributed by atoms with Crippen LogP contribution in [-0.2, 0) is 26.2 Å². The van der Waals surface area contributed by atoms with E-state index in [4.69, 9.17) is 39.5 Å². The predicted molar refractivity (Wildman–Crippen MR) is 168 cm³/mol. The number of carbonyl (C=O) groups excluding carboxylic acids is 2. The van der Waals surface area contributed by atoms with Crippen molar-refractivity contribution in [1.29, 1.82) is 0 Å². The van der Waals surface area contributed by atoms with E-state index in [1.54, 1.807) is 43.3 Å². The fourth-order valence-corrected chi connectivity index (χ4v) is 6.38. The smallest absolute Gasteiger partial charge is 0.264 e. The van der Waals surface area contributed by atoms with E-state index in [1.807, 2.05) is 13.8 Å². The lowest BCUT2D eigenvalue weighted by Crippen LogP contribution is -2.52. The molecule has 8 nitrogen and oxygen atoms in total. The van der Waals surface area contributed by atoms with Crippen LogP contribution in [0.2, 0.25) is 15.1 Å². The SMILES string of the molecule is CCCNC(=O)[C@H](CC)N(Cc1ccc(Cl)cc1Cl)C(=O)CN(c1cc(Cl)ccc1OC)S(=O)(=O)c1ccc(C)cc1. The van der Waals surface area contributed by atoms with Crippen LogP contribution in [0.4, 0.5) is 5.69 Å². The van der Waals surface area contributed by atoms with Crippen LogP contribution in [0.25, 0.3) is 0 Å². The highest BCUT2D eigenvalue weighted by molar-refractivity contribution is 7.92. The van der Waals surface area contributed by atoms with Crippen molar-refractivity contribution in [1.82, 2.24) is 10.2 Å². The number of halogens is 3. The largest absolute Gasteiger partial charge is 0.495 e. The molecule has 0 aromatic heterocycles. The number of ether oxygens (including phenoxy) is 1. The van der Waals surface area contributed by atoms with Gasteiger partial charge in [0.2, 0.25) is 11.8 Å². The van der Waals surface area contributed by atoms with Crippen molar-refractivity contribution in [3.8, 4) is 5.75 Å². The molecule has 0 heterocycles. The second-order valence-electron chi connectivity index (χ2n) is 9.61. The highest BCUT2D eigenvalue weighted by Crippen LogP contribution is 2.35. The van der Waals surface area contributed by atoms with Crippen LogP contribution in [0.1, 0.15) is 37.8 Å². The zero-order chi connectivity index (χ0) is 31.0. The van der Waals surface area contributed by atoms with Gasteiger partial charge in [-0.2, -0.15) is 0 Å². The number of anilines is 1. The molecule has 0 radical (unpaired) electrons. The number of hydrogen-bond acceptors (Lipinski definition) is 5. The number of amides is 2. The van der Waals surface area contributed by atoms with Crippen molar-refractivity contribution in [3.05, 3.63) is 86.9 Å². The molecule has 0 aliphatic rings. The van der Waals surface area contributed by atoms with Gasteiger partial charge in [0.1, 0.15) is 18.3 Å². The van der Waals surface area contributed by atoms with E-state index in [0.717, 1.165) is 9.87 Å². The van der Waals surface area contributed by atoms with Crippen molar-refractivity contribution in [2.75, 3.05) is 24.5 Å². The van der Waals surface area contributed by atoms with Gasteiger partial charge in [0.25, 0.3) is 10.0 Å². The molecule has 0 aliphatic carbocycles. The molecule has 0 saturated heterocycles. The number of sulfonamides is 1. The van der Waals surface area contributed by atoms with Crippen LogP contribution >= 0.6 is 34.8 Å². The van der Waals surface area contributed by atoms with Crippen LogP contribution in [0.3, 0.4) is 0 Å². The summed E-state index contributed by atoms with van der Waals surface area (Å²) in [6.45, 7) is 5.26. The Balaban J connectivity index is 2.14. The highest BCUT2D eigenvalue weighted by Gasteiger charge is 2.35. The number of benzene rings is 3. The monoisotopic (exact) mass is 653 g/mol. The summed E-state index contributed by atoms with van der Waals surface area (Å²) in [4.78, 5) is 28.7. The van der Waals surface area contributed by atoms with Gasteiger partial charge in [-0.3, -0.25) is 13.9 Å². The Bertz CT molecular complexity index is 1520. The maximum Gasteiger partial charge on any atom is 0.264 e. The van der Waals surface area contributed by atoms with Crippen LogP contribution in [0.5, 0.6) is 5.75 Å². The minimum absolute atomic E-state index is 0.0250. The average molecular weight is 655 g/mol. The molecule has 3 aromatic carbocycles.